The Morgan fingerprint density at radius 3 is 1.44 bits per heavy atom. The molecule has 0 radical (unpaired) electrons. The van der Waals surface area contributed by atoms with Gasteiger partial charge in [0.05, 0.1) is 26.4 Å². The molecule has 2 N–H and O–H groups in total. The summed E-state index contributed by atoms with van der Waals surface area (Å²) in [5.74, 6) is 0.520. The number of morpholine rings is 2. The molecule has 2 aromatic rings. The Labute approximate surface area is 159 Å². The zero-order valence-corrected chi connectivity index (χ0v) is 15.4. The van der Waals surface area contributed by atoms with Crippen LogP contribution in [0.4, 0.5) is 11.4 Å². The SMILES string of the molecule is Oc1cc(N2CCOCC2)ccc1Cc1ccc(N2CCOCC2)cc1O. The third kappa shape index (κ3) is 4.12. The monoisotopic (exact) mass is 370 g/mol. The lowest BCUT2D eigenvalue weighted by Crippen LogP contribution is -2.36. The number of anilines is 2. The molecule has 2 fully saturated rings. The highest BCUT2D eigenvalue weighted by atomic mass is 16.5. The summed E-state index contributed by atoms with van der Waals surface area (Å²) in [5, 5.41) is 20.9. The Kier molecular flexibility index (Phi) is 5.36. The summed E-state index contributed by atoms with van der Waals surface area (Å²) in [6, 6.07) is 11.5. The van der Waals surface area contributed by atoms with Crippen LogP contribution in [0.15, 0.2) is 36.4 Å². The third-order valence-electron chi connectivity index (χ3n) is 5.27. The van der Waals surface area contributed by atoms with Crippen molar-refractivity contribution in [2.45, 2.75) is 6.42 Å². The minimum atomic E-state index is 0.260. The predicted molar refractivity (Wildman–Crippen MR) is 105 cm³/mol. The molecule has 6 heteroatoms. The van der Waals surface area contributed by atoms with Crippen LogP contribution in [0.1, 0.15) is 11.1 Å². The number of rotatable bonds is 4. The van der Waals surface area contributed by atoms with E-state index in [4.69, 9.17) is 9.47 Å². The highest BCUT2D eigenvalue weighted by Crippen LogP contribution is 2.31. The Morgan fingerprint density at radius 1 is 0.667 bits per heavy atom. The van der Waals surface area contributed by atoms with E-state index in [-0.39, 0.29) is 11.5 Å². The molecule has 0 amide bonds. The minimum absolute atomic E-state index is 0.260. The van der Waals surface area contributed by atoms with E-state index in [9.17, 15) is 10.2 Å². The average molecular weight is 370 g/mol. The fraction of sp³-hybridized carbons (Fsp3) is 0.429. The normalized spacial score (nSPS) is 17.9. The first kappa shape index (κ1) is 17.9. The van der Waals surface area contributed by atoms with Crippen molar-refractivity contribution in [2.75, 3.05) is 62.4 Å². The molecule has 0 atom stereocenters. The van der Waals surface area contributed by atoms with Gasteiger partial charge in [0.2, 0.25) is 0 Å². The van der Waals surface area contributed by atoms with Crippen molar-refractivity contribution in [1.29, 1.82) is 0 Å². The first-order valence-corrected chi connectivity index (χ1v) is 9.50. The fourth-order valence-corrected chi connectivity index (χ4v) is 3.65. The molecule has 0 saturated carbocycles. The van der Waals surface area contributed by atoms with Gasteiger partial charge >= 0.3 is 0 Å². The number of nitrogens with zero attached hydrogens (tertiary/aromatic N) is 2. The van der Waals surface area contributed by atoms with E-state index in [2.05, 4.69) is 9.80 Å². The van der Waals surface area contributed by atoms with Crippen LogP contribution in [0.2, 0.25) is 0 Å². The molecule has 6 nitrogen and oxygen atoms in total. The molecule has 2 aliphatic rings. The second kappa shape index (κ2) is 8.06. The van der Waals surface area contributed by atoms with Gasteiger partial charge in [-0.25, -0.2) is 0 Å². The summed E-state index contributed by atoms with van der Waals surface area (Å²) in [5.41, 5.74) is 3.63. The second-order valence-corrected chi connectivity index (χ2v) is 7.00. The molecule has 0 bridgehead atoms. The first-order valence-electron chi connectivity index (χ1n) is 9.50. The van der Waals surface area contributed by atoms with E-state index in [0.29, 0.717) is 32.8 Å². The summed E-state index contributed by atoms with van der Waals surface area (Å²) in [6.07, 6.45) is 0.491. The highest BCUT2D eigenvalue weighted by molar-refractivity contribution is 5.57. The molecule has 2 heterocycles. The van der Waals surface area contributed by atoms with E-state index in [1.807, 2.05) is 24.3 Å². The summed E-state index contributed by atoms with van der Waals surface area (Å²) in [7, 11) is 0. The smallest absolute Gasteiger partial charge is 0.121 e. The maximum Gasteiger partial charge on any atom is 0.121 e. The van der Waals surface area contributed by atoms with Crippen molar-refractivity contribution in [1.82, 2.24) is 0 Å². The van der Waals surface area contributed by atoms with E-state index < -0.39 is 0 Å². The lowest BCUT2D eigenvalue weighted by atomic mass is 10.0. The van der Waals surface area contributed by atoms with Gasteiger partial charge in [-0.15, -0.1) is 0 Å². The van der Waals surface area contributed by atoms with Crippen LogP contribution in [0.25, 0.3) is 0 Å². The summed E-state index contributed by atoms with van der Waals surface area (Å²) in [6.45, 7) is 6.20. The number of phenols is 2. The van der Waals surface area contributed by atoms with E-state index in [1.54, 1.807) is 12.1 Å². The van der Waals surface area contributed by atoms with Crippen molar-refractivity contribution in [2.24, 2.45) is 0 Å². The quantitative estimate of drug-likeness (QED) is 0.861. The van der Waals surface area contributed by atoms with Crippen LogP contribution in [0.5, 0.6) is 11.5 Å². The number of hydrogen-bond donors (Lipinski definition) is 2. The van der Waals surface area contributed by atoms with Gasteiger partial charge in [0.25, 0.3) is 0 Å². The third-order valence-corrected chi connectivity index (χ3v) is 5.27. The zero-order chi connectivity index (χ0) is 18.6. The van der Waals surface area contributed by atoms with E-state index in [1.165, 1.54) is 0 Å². The molecule has 0 aliphatic carbocycles. The molecule has 2 saturated heterocycles. The Bertz CT molecular complexity index is 718. The Balaban J connectivity index is 1.48. The van der Waals surface area contributed by atoms with E-state index >= 15 is 0 Å². The highest BCUT2D eigenvalue weighted by Gasteiger charge is 2.16. The summed E-state index contributed by atoms with van der Waals surface area (Å²) < 4.78 is 10.8. The predicted octanol–water partition coefficient (Wildman–Crippen LogP) is 2.36. The Morgan fingerprint density at radius 2 is 1.07 bits per heavy atom. The van der Waals surface area contributed by atoms with Gasteiger partial charge in [-0.1, -0.05) is 12.1 Å². The average Bonchev–Trinajstić information content (AvgIpc) is 2.72. The van der Waals surface area contributed by atoms with Crippen LogP contribution in [-0.4, -0.2) is 62.8 Å². The lowest BCUT2D eigenvalue weighted by molar-refractivity contribution is 0.122. The molecule has 0 spiro atoms. The molecule has 2 aromatic carbocycles. The number of benzene rings is 2. The first-order chi connectivity index (χ1) is 13.2. The molecule has 2 aliphatic heterocycles. The summed E-state index contributed by atoms with van der Waals surface area (Å²) in [4.78, 5) is 4.42. The van der Waals surface area contributed by atoms with E-state index in [0.717, 1.165) is 48.7 Å². The van der Waals surface area contributed by atoms with Gasteiger partial charge in [0.1, 0.15) is 11.5 Å². The second-order valence-electron chi connectivity index (χ2n) is 7.00. The largest absolute Gasteiger partial charge is 0.508 e. The standard InChI is InChI=1S/C21H26N2O4/c24-20-14-18(22-5-9-26-10-6-22)3-1-16(20)13-17-2-4-19(15-21(17)25)23-7-11-27-12-8-23/h1-4,14-15,24-25H,5-13H2. The van der Waals surface area contributed by atoms with Crippen LogP contribution in [-0.2, 0) is 15.9 Å². The van der Waals surface area contributed by atoms with Gasteiger partial charge in [-0.2, -0.15) is 0 Å². The van der Waals surface area contributed by atoms with Crippen LogP contribution in [0.3, 0.4) is 0 Å². The maximum absolute atomic E-state index is 10.5. The Hall–Kier alpha value is -2.44. The number of ether oxygens (including phenoxy) is 2. The van der Waals surface area contributed by atoms with Gasteiger partial charge < -0.3 is 29.5 Å². The van der Waals surface area contributed by atoms with Crippen molar-refractivity contribution in [3.63, 3.8) is 0 Å². The molecular weight excluding hydrogens is 344 g/mol. The molecule has 27 heavy (non-hydrogen) atoms. The van der Waals surface area contributed by atoms with Crippen molar-refractivity contribution < 1.29 is 19.7 Å². The molecule has 0 unspecified atom stereocenters. The number of aromatic hydroxyl groups is 2. The number of phenolic OH excluding ortho intramolecular Hbond substituents is 2. The van der Waals surface area contributed by atoms with Gasteiger partial charge in [-0.05, 0) is 23.3 Å². The van der Waals surface area contributed by atoms with Gasteiger partial charge in [0.15, 0.2) is 0 Å². The zero-order valence-electron chi connectivity index (χ0n) is 15.4. The van der Waals surface area contributed by atoms with Crippen LogP contribution in [0, 0.1) is 0 Å². The van der Waals surface area contributed by atoms with Gasteiger partial charge in [-0.3, -0.25) is 0 Å². The van der Waals surface area contributed by atoms with Crippen molar-refractivity contribution >= 4 is 11.4 Å². The summed E-state index contributed by atoms with van der Waals surface area (Å²) >= 11 is 0. The lowest BCUT2D eigenvalue weighted by Gasteiger charge is -2.29. The maximum atomic E-state index is 10.5. The van der Waals surface area contributed by atoms with Gasteiger partial charge in [0, 0.05) is 56.1 Å². The van der Waals surface area contributed by atoms with Crippen LogP contribution >= 0.6 is 0 Å². The topological polar surface area (TPSA) is 65.4 Å². The fourth-order valence-electron chi connectivity index (χ4n) is 3.65. The van der Waals surface area contributed by atoms with Crippen molar-refractivity contribution in [3.05, 3.63) is 47.5 Å². The van der Waals surface area contributed by atoms with Crippen LogP contribution < -0.4 is 9.80 Å². The molecular formula is C21H26N2O4. The minimum Gasteiger partial charge on any atom is -0.508 e. The molecule has 144 valence electrons. The molecule has 4 rings (SSSR count). The molecule has 0 aromatic heterocycles. The number of hydrogen-bond acceptors (Lipinski definition) is 6. The van der Waals surface area contributed by atoms with Crippen molar-refractivity contribution in [3.8, 4) is 11.5 Å².